The van der Waals surface area contributed by atoms with E-state index < -0.39 is 5.91 Å². The summed E-state index contributed by atoms with van der Waals surface area (Å²) in [6.07, 6.45) is 6.76. The lowest BCUT2D eigenvalue weighted by Crippen LogP contribution is -2.11. The molecule has 4 rings (SSSR count). The second kappa shape index (κ2) is 7.38. The molecule has 0 atom stereocenters. The molecule has 0 aliphatic heterocycles. The summed E-state index contributed by atoms with van der Waals surface area (Å²) in [5.74, 6) is 5.51. The molecule has 30 heavy (non-hydrogen) atoms. The zero-order valence-electron chi connectivity index (χ0n) is 16.0. The van der Waals surface area contributed by atoms with Crippen molar-refractivity contribution in [1.82, 2.24) is 24.4 Å². The summed E-state index contributed by atoms with van der Waals surface area (Å²) in [4.78, 5) is 15.9. The van der Waals surface area contributed by atoms with E-state index in [-0.39, 0.29) is 5.57 Å². The van der Waals surface area contributed by atoms with E-state index in [1.54, 1.807) is 45.9 Å². The van der Waals surface area contributed by atoms with Gasteiger partial charge in [0, 0.05) is 29.9 Å². The van der Waals surface area contributed by atoms with Crippen molar-refractivity contribution < 1.29 is 4.79 Å². The molecule has 0 unspecified atom stereocenters. The normalized spacial score (nSPS) is 10.3. The number of aromatic nitrogens is 5. The number of rotatable bonds is 3. The van der Waals surface area contributed by atoms with Gasteiger partial charge in [0.15, 0.2) is 0 Å². The Kier molecular flexibility index (Phi) is 4.59. The van der Waals surface area contributed by atoms with Crippen molar-refractivity contribution >= 4 is 17.0 Å². The molecule has 0 bridgehead atoms. The van der Waals surface area contributed by atoms with Gasteiger partial charge in [-0.2, -0.15) is 15.5 Å². The van der Waals surface area contributed by atoms with Gasteiger partial charge in [-0.05, 0) is 23.6 Å². The summed E-state index contributed by atoms with van der Waals surface area (Å²) in [5, 5.41) is 17.8. The Morgan fingerprint density at radius 2 is 1.90 bits per heavy atom. The molecule has 3 aromatic heterocycles. The molecule has 0 fully saturated rings. The number of benzene rings is 1. The van der Waals surface area contributed by atoms with Crippen LogP contribution in [0.3, 0.4) is 0 Å². The fraction of sp³-hybridized carbons (Fsp3) is 0.0455. The van der Waals surface area contributed by atoms with Gasteiger partial charge in [-0.1, -0.05) is 24.6 Å². The minimum atomic E-state index is -0.572. The van der Waals surface area contributed by atoms with E-state index in [1.165, 1.54) is 6.20 Å². The molecule has 0 spiro atoms. The third-order valence-electron chi connectivity index (χ3n) is 4.47. The Morgan fingerprint density at radius 1 is 1.13 bits per heavy atom. The fourth-order valence-corrected chi connectivity index (χ4v) is 2.90. The van der Waals surface area contributed by atoms with Gasteiger partial charge in [0.2, 0.25) is 5.91 Å². The Morgan fingerprint density at radius 3 is 2.53 bits per heavy atom. The number of nitriles is 1. The smallest absolute Gasteiger partial charge is 0.248 e. The van der Waals surface area contributed by atoms with Crippen LogP contribution in [0.4, 0.5) is 0 Å². The van der Waals surface area contributed by atoms with Crippen molar-refractivity contribution in [2.75, 3.05) is 0 Å². The van der Waals surface area contributed by atoms with E-state index in [0.29, 0.717) is 33.6 Å². The number of aryl methyl sites for hydroxylation is 1. The molecule has 4 aromatic rings. The van der Waals surface area contributed by atoms with E-state index in [9.17, 15) is 10.1 Å². The van der Waals surface area contributed by atoms with Crippen molar-refractivity contribution in [2.45, 2.75) is 0 Å². The van der Waals surface area contributed by atoms with Crippen molar-refractivity contribution in [3.05, 3.63) is 78.0 Å². The quantitative estimate of drug-likeness (QED) is 0.422. The maximum Gasteiger partial charge on any atom is 0.248 e. The third kappa shape index (κ3) is 3.41. The second-order valence-corrected chi connectivity index (χ2v) is 6.51. The van der Waals surface area contributed by atoms with E-state index >= 15 is 0 Å². The number of nitrogens with zero attached hydrogens (tertiary/aromatic N) is 6. The summed E-state index contributed by atoms with van der Waals surface area (Å²) in [7, 11) is 1.82. The molecule has 0 saturated carbocycles. The highest BCUT2D eigenvalue weighted by Crippen LogP contribution is 2.21. The van der Waals surface area contributed by atoms with Gasteiger partial charge in [0.1, 0.15) is 22.8 Å². The van der Waals surface area contributed by atoms with Gasteiger partial charge in [-0.25, -0.2) is 9.50 Å². The van der Waals surface area contributed by atoms with Crippen LogP contribution >= 0.6 is 0 Å². The van der Waals surface area contributed by atoms with Crippen LogP contribution in [0.15, 0.2) is 55.6 Å². The van der Waals surface area contributed by atoms with Crippen LogP contribution in [-0.4, -0.2) is 30.3 Å². The van der Waals surface area contributed by atoms with Gasteiger partial charge in [0.05, 0.1) is 24.3 Å². The van der Waals surface area contributed by atoms with E-state index in [0.717, 1.165) is 5.56 Å². The highest BCUT2D eigenvalue weighted by Gasteiger charge is 2.13. The minimum absolute atomic E-state index is 0.236. The van der Waals surface area contributed by atoms with Crippen molar-refractivity contribution in [1.29, 1.82) is 5.26 Å². The summed E-state index contributed by atoms with van der Waals surface area (Å²) in [6, 6.07) is 9.11. The molecular formula is C22H15N7O. The maximum absolute atomic E-state index is 11.3. The molecular weight excluding hydrogens is 378 g/mol. The van der Waals surface area contributed by atoms with Crippen LogP contribution in [0.2, 0.25) is 0 Å². The zero-order valence-corrected chi connectivity index (χ0v) is 16.0. The molecule has 0 aliphatic carbocycles. The molecule has 8 heteroatoms. The molecule has 2 N–H and O–H groups in total. The standard InChI is InChI=1S/C22H15N7O/c1-14(22(24)30)16-6-3-15(4-7-16)5-8-19-21-17(9-23)10-26-29(21)13-20(27-19)18-11-25-28(2)12-18/h3-4,6-7,10-13H,1H2,2H3,(H2,24,30). The monoisotopic (exact) mass is 393 g/mol. The largest absolute Gasteiger partial charge is 0.366 e. The minimum Gasteiger partial charge on any atom is -0.366 e. The van der Waals surface area contributed by atoms with Crippen LogP contribution in [0.25, 0.3) is 22.3 Å². The van der Waals surface area contributed by atoms with Gasteiger partial charge < -0.3 is 5.73 Å². The molecule has 0 radical (unpaired) electrons. The summed E-state index contributed by atoms with van der Waals surface area (Å²) in [5.41, 5.74) is 9.64. The molecule has 144 valence electrons. The highest BCUT2D eigenvalue weighted by atomic mass is 16.1. The summed E-state index contributed by atoms with van der Waals surface area (Å²) >= 11 is 0. The van der Waals surface area contributed by atoms with Crippen molar-refractivity contribution in [2.24, 2.45) is 12.8 Å². The highest BCUT2D eigenvalue weighted by molar-refractivity contribution is 6.17. The molecule has 0 aliphatic rings. The van der Waals surface area contributed by atoms with Gasteiger partial charge in [0.25, 0.3) is 0 Å². The number of fused-ring (bicyclic) bond motifs is 1. The Labute approximate surface area is 171 Å². The first-order chi connectivity index (χ1) is 14.5. The third-order valence-corrected chi connectivity index (χ3v) is 4.47. The molecule has 0 saturated heterocycles. The zero-order chi connectivity index (χ0) is 21.3. The number of hydrogen-bond donors (Lipinski definition) is 1. The predicted octanol–water partition coefficient (Wildman–Crippen LogP) is 1.90. The first-order valence-electron chi connectivity index (χ1n) is 8.85. The second-order valence-electron chi connectivity index (χ2n) is 6.51. The maximum atomic E-state index is 11.3. The number of amides is 1. The first kappa shape index (κ1) is 18.7. The van der Waals surface area contributed by atoms with E-state index in [2.05, 4.69) is 39.7 Å². The van der Waals surface area contributed by atoms with Gasteiger partial charge in [-0.15, -0.1) is 0 Å². The van der Waals surface area contributed by atoms with Gasteiger partial charge >= 0.3 is 0 Å². The number of primary amides is 1. The Balaban J connectivity index is 1.79. The predicted molar refractivity (Wildman–Crippen MR) is 111 cm³/mol. The lowest BCUT2D eigenvalue weighted by molar-refractivity contribution is -0.112. The molecule has 3 heterocycles. The average Bonchev–Trinajstić information content (AvgIpc) is 3.37. The van der Waals surface area contributed by atoms with Crippen LogP contribution in [0.1, 0.15) is 22.4 Å². The van der Waals surface area contributed by atoms with Crippen molar-refractivity contribution in [3.8, 4) is 29.2 Å². The van der Waals surface area contributed by atoms with Crippen LogP contribution in [0, 0.1) is 23.2 Å². The Hall–Kier alpha value is -4.69. The van der Waals surface area contributed by atoms with Crippen LogP contribution in [0.5, 0.6) is 0 Å². The number of carbonyl (C=O) groups excluding carboxylic acids is 1. The van der Waals surface area contributed by atoms with E-state index in [1.807, 2.05) is 13.2 Å². The number of hydrogen-bond acceptors (Lipinski definition) is 5. The SMILES string of the molecule is C=C(C(N)=O)c1ccc(C#Cc2nc(-c3cnn(C)c3)cn3ncc(C#N)c23)cc1. The number of carbonyl (C=O) groups is 1. The van der Waals surface area contributed by atoms with E-state index in [4.69, 9.17) is 5.73 Å². The molecule has 1 amide bonds. The Bertz CT molecular complexity index is 1410. The number of nitrogens with two attached hydrogens (primary N) is 1. The topological polar surface area (TPSA) is 115 Å². The first-order valence-corrected chi connectivity index (χ1v) is 8.85. The van der Waals surface area contributed by atoms with Gasteiger partial charge in [-0.3, -0.25) is 9.48 Å². The summed E-state index contributed by atoms with van der Waals surface area (Å²) in [6.45, 7) is 3.67. The molecule has 8 nitrogen and oxygen atoms in total. The molecule has 1 aromatic carbocycles. The average molecular weight is 393 g/mol. The van der Waals surface area contributed by atoms with Crippen LogP contribution in [-0.2, 0) is 11.8 Å². The lowest BCUT2D eigenvalue weighted by Gasteiger charge is -2.02. The van der Waals surface area contributed by atoms with Crippen molar-refractivity contribution in [3.63, 3.8) is 0 Å². The fourth-order valence-electron chi connectivity index (χ4n) is 2.90. The summed E-state index contributed by atoms with van der Waals surface area (Å²) < 4.78 is 3.27. The van der Waals surface area contributed by atoms with Crippen LogP contribution < -0.4 is 5.73 Å². The lowest BCUT2D eigenvalue weighted by atomic mass is 10.1.